The van der Waals surface area contributed by atoms with Crippen LogP contribution in [0.5, 0.6) is 11.5 Å². The molecule has 0 fully saturated rings. The summed E-state index contributed by atoms with van der Waals surface area (Å²) in [5.74, 6) is 1.25. The number of rotatable bonds is 7. The van der Waals surface area contributed by atoms with Crippen molar-refractivity contribution in [1.82, 2.24) is 4.98 Å². The first-order valence-corrected chi connectivity index (χ1v) is 8.91. The van der Waals surface area contributed by atoms with Crippen LogP contribution in [-0.2, 0) is 0 Å². The van der Waals surface area contributed by atoms with E-state index in [1.807, 2.05) is 6.07 Å². The van der Waals surface area contributed by atoms with Crippen molar-refractivity contribution < 1.29 is 13.9 Å². The lowest BCUT2D eigenvalue weighted by atomic mass is 10.1. The van der Waals surface area contributed by atoms with Gasteiger partial charge in [0, 0.05) is 34.2 Å². The first-order valence-electron chi connectivity index (χ1n) is 8.00. The number of alkyl halides is 1. The average molecular weight is 395 g/mol. The fourth-order valence-electron chi connectivity index (χ4n) is 2.51. The zero-order valence-electron chi connectivity index (χ0n) is 14.1. The largest absolute Gasteiger partial charge is 0.493 e. The van der Waals surface area contributed by atoms with E-state index in [0.29, 0.717) is 45.9 Å². The van der Waals surface area contributed by atoms with Crippen LogP contribution >= 0.6 is 23.2 Å². The molecule has 3 aromatic rings. The second-order valence-electron chi connectivity index (χ2n) is 5.52. The number of anilines is 2. The van der Waals surface area contributed by atoms with Crippen molar-refractivity contribution in [2.75, 3.05) is 24.9 Å². The lowest BCUT2D eigenvalue weighted by Crippen LogP contribution is -2.01. The fourth-order valence-corrected chi connectivity index (χ4v) is 2.78. The second kappa shape index (κ2) is 8.43. The van der Waals surface area contributed by atoms with Crippen LogP contribution in [0.4, 0.5) is 15.8 Å². The summed E-state index contributed by atoms with van der Waals surface area (Å²) in [7, 11) is 1.57. The highest BCUT2D eigenvalue weighted by molar-refractivity contribution is 6.30. The molecule has 26 heavy (non-hydrogen) atoms. The van der Waals surface area contributed by atoms with Crippen LogP contribution in [-0.4, -0.2) is 24.6 Å². The van der Waals surface area contributed by atoms with Gasteiger partial charge in [-0.25, -0.2) is 4.39 Å². The lowest BCUT2D eigenvalue weighted by Gasteiger charge is -2.14. The normalized spacial score (nSPS) is 10.8. The summed E-state index contributed by atoms with van der Waals surface area (Å²) in [5.41, 5.74) is 1.72. The Kier molecular flexibility index (Phi) is 6.01. The molecule has 0 aliphatic heterocycles. The smallest absolute Gasteiger partial charge is 0.163 e. The number of hydrogen-bond donors (Lipinski definition) is 1. The first-order chi connectivity index (χ1) is 12.6. The minimum atomic E-state index is -0.435. The molecule has 2 aromatic carbocycles. The van der Waals surface area contributed by atoms with E-state index in [-0.39, 0.29) is 0 Å². The third kappa shape index (κ3) is 4.11. The van der Waals surface area contributed by atoms with Crippen molar-refractivity contribution in [3.8, 4) is 11.5 Å². The number of nitrogens with zero attached hydrogens (tertiary/aromatic N) is 1. The highest BCUT2D eigenvalue weighted by Gasteiger charge is 2.12. The van der Waals surface area contributed by atoms with Crippen molar-refractivity contribution in [2.45, 2.75) is 6.42 Å². The van der Waals surface area contributed by atoms with E-state index in [4.69, 9.17) is 32.7 Å². The van der Waals surface area contributed by atoms with E-state index in [1.165, 1.54) is 6.07 Å². The molecule has 1 N–H and O–H groups in total. The molecule has 0 aliphatic carbocycles. The summed E-state index contributed by atoms with van der Waals surface area (Å²) in [6.45, 7) is 0.485. The topological polar surface area (TPSA) is 43.4 Å². The average Bonchev–Trinajstić information content (AvgIpc) is 2.64. The van der Waals surface area contributed by atoms with Crippen LogP contribution in [0.15, 0.2) is 42.6 Å². The Morgan fingerprint density at radius 2 is 1.96 bits per heavy atom. The molecule has 0 saturated heterocycles. The highest BCUT2D eigenvalue weighted by Crippen LogP contribution is 2.36. The van der Waals surface area contributed by atoms with Gasteiger partial charge in [-0.3, -0.25) is 4.98 Å². The number of aromatic nitrogens is 1. The maximum Gasteiger partial charge on any atom is 0.163 e. The molecule has 0 amide bonds. The number of hydrogen-bond acceptors (Lipinski definition) is 4. The number of methoxy groups -OCH3 is 1. The van der Waals surface area contributed by atoms with Gasteiger partial charge >= 0.3 is 0 Å². The van der Waals surface area contributed by atoms with Crippen molar-refractivity contribution in [3.63, 3.8) is 0 Å². The van der Waals surface area contributed by atoms with Gasteiger partial charge in [-0.2, -0.15) is 0 Å². The van der Waals surface area contributed by atoms with Gasteiger partial charge in [0.05, 0.1) is 24.9 Å². The summed E-state index contributed by atoms with van der Waals surface area (Å²) < 4.78 is 25.2. The van der Waals surface area contributed by atoms with Gasteiger partial charge in [0.15, 0.2) is 11.5 Å². The predicted molar refractivity (Wildman–Crippen MR) is 104 cm³/mol. The van der Waals surface area contributed by atoms with Gasteiger partial charge in [-0.15, -0.1) is 11.6 Å². The molecule has 0 atom stereocenters. The van der Waals surface area contributed by atoms with Gasteiger partial charge < -0.3 is 14.8 Å². The Morgan fingerprint density at radius 1 is 1.12 bits per heavy atom. The van der Waals surface area contributed by atoms with E-state index >= 15 is 0 Å². The minimum absolute atomic E-state index is 0.323. The van der Waals surface area contributed by atoms with Gasteiger partial charge in [0.1, 0.15) is 5.82 Å². The third-order valence-corrected chi connectivity index (χ3v) is 4.27. The van der Waals surface area contributed by atoms with Crippen molar-refractivity contribution in [3.05, 3.63) is 53.4 Å². The highest BCUT2D eigenvalue weighted by atomic mass is 35.5. The van der Waals surface area contributed by atoms with Crippen LogP contribution in [0.25, 0.3) is 10.9 Å². The molecular weight excluding hydrogens is 378 g/mol. The Balaban J connectivity index is 1.98. The Labute approximate surface area is 160 Å². The molecule has 1 aromatic heterocycles. The number of pyridine rings is 1. The van der Waals surface area contributed by atoms with E-state index in [1.54, 1.807) is 37.6 Å². The molecule has 4 nitrogen and oxygen atoms in total. The number of fused-ring (bicyclic) bond motifs is 1. The van der Waals surface area contributed by atoms with Crippen LogP contribution in [0, 0.1) is 5.82 Å². The molecule has 0 saturated carbocycles. The van der Waals surface area contributed by atoms with Crippen LogP contribution < -0.4 is 14.8 Å². The maximum absolute atomic E-state index is 14.1. The van der Waals surface area contributed by atoms with Crippen LogP contribution in [0.3, 0.4) is 0 Å². The molecule has 3 rings (SSSR count). The van der Waals surface area contributed by atoms with E-state index < -0.39 is 5.82 Å². The zero-order valence-corrected chi connectivity index (χ0v) is 15.6. The predicted octanol–water partition coefficient (Wildman–Crippen LogP) is 5.79. The van der Waals surface area contributed by atoms with Crippen LogP contribution in [0.1, 0.15) is 6.42 Å². The Hall–Kier alpha value is -2.24. The van der Waals surface area contributed by atoms with E-state index in [2.05, 4.69) is 10.3 Å². The number of ether oxygens (including phenoxy) is 2. The fraction of sp³-hybridized carbons (Fsp3) is 0.211. The Bertz CT molecular complexity index is 921. The Morgan fingerprint density at radius 3 is 2.69 bits per heavy atom. The monoisotopic (exact) mass is 394 g/mol. The minimum Gasteiger partial charge on any atom is -0.493 e. The second-order valence-corrected chi connectivity index (χ2v) is 6.33. The van der Waals surface area contributed by atoms with Gasteiger partial charge in [0.25, 0.3) is 0 Å². The van der Waals surface area contributed by atoms with Gasteiger partial charge in [-0.1, -0.05) is 11.6 Å². The van der Waals surface area contributed by atoms with E-state index in [0.717, 1.165) is 11.8 Å². The molecule has 0 spiro atoms. The SMILES string of the molecule is COc1cc2c(Nc3ccc(Cl)cc3F)ccnc2cc1OCCCCl. The van der Waals surface area contributed by atoms with Gasteiger partial charge in [-0.05, 0) is 36.8 Å². The van der Waals surface area contributed by atoms with Crippen molar-refractivity contribution in [1.29, 1.82) is 0 Å². The molecule has 1 heterocycles. The summed E-state index contributed by atoms with van der Waals surface area (Å²) in [5, 5.41) is 4.20. The third-order valence-electron chi connectivity index (χ3n) is 3.76. The lowest BCUT2D eigenvalue weighted by molar-refractivity contribution is 0.295. The molecule has 7 heteroatoms. The number of halogens is 3. The van der Waals surface area contributed by atoms with Crippen molar-refractivity contribution in [2.24, 2.45) is 0 Å². The molecule has 0 bridgehead atoms. The first kappa shape index (κ1) is 18.5. The van der Waals surface area contributed by atoms with Gasteiger partial charge in [0.2, 0.25) is 0 Å². The number of nitrogens with one attached hydrogen (secondary N) is 1. The molecule has 0 unspecified atom stereocenters. The van der Waals surface area contributed by atoms with Crippen LogP contribution in [0.2, 0.25) is 5.02 Å². The van der Waals surface area contributed by atoms with Crippen molar-refractivity contribution >= 4 is 45.5 Å². The standard InChI is InChI=1S/C19H17Cl2FN2O2/c1-25-18-10-13-15(24-16-4-3-12(21)9-14(16)22)5-7-23-17(13)11-19(18)26-8-2-6-20/h3-5,7,9-11H,2,6,8H2,1H3,(H,23,24). The molecule has 0 radical (unpaired) electrons. The molecular formula is C19H17Cl2FN2O2. The summed E-state index contributed by atoms with van der Waals surface area (Å²) >= 11 is 11.5. The quantitative estimate of drug-likeness (QED) is 0.406. The zero-order chi connectivity index (χ0) is 18.5. The summed E-state index contributed by atoms with van der Waals surface area (Å²) in [6, 6.07) is 9.85. The summed E-state index contributed by atoms with van der Waals surface area (Å²) in [4.78, 5) is 4.37. The number of benzene rings is 2. The van der Waals surface area contributed by atoms with E-state index in [9.17, 15) is 4.39 Å². The molecule has 136 valence electrons. The molecule has 0 aliphatic rings. The maximum atomic E-state index is 14.1. The summed E-state index contributed by atoms with van der Waals surface area (Å²) in [6.07, 6.45) is 2.38.